The van der Waals surface area contributed by atoms with Crippen LogP contribution in [0.15, 0.2) is 53.4 Å². The van der Waals surface area contributed by atoms with Crippen LogP contribution in [0.1, 0.15) is 63.6 Å². The molecule has 5 nitrogen and oxygen atoms in total. The molecule has 1 N–H and O–H groups in total. The maximum Gasteiger partial charge on any atom is 0.243 e. The van der Waals surface area contributed by atoms with Crippen LogP contribution in [-0.4, -0.2) is 31.7 Å². The average Bonchev–Trinajstić information content (AvgIpc) is 3.26. The Morgan fingerprint density at radius 3 is 2.10 bits per heavy atom. The molecule has 0 bridgehead atoms. The third-order valence-electron chi connectivity index (χ3n) is 6.36. The van der Waals surface area contributed by atoms with Gasteiger partial charge in [0.1, 0.15) is 5.82 Å². The van der Waals surface area contributed by atoms with Crippen molar-refractivity contribution in [1.29, 1.82) is 0 Å². The highest BCUT2D eigenvalue weighted by Crippen LogP contribution is 2.42. The Morgan fingerprint density at radius 1 is 1.03 bits per heavy atom. The summed E-state index contributed by atoms with van der Waals surface area (Å²) >= 11 is 0. The van der Waals surface area contributed by atoms with Crippen LogP contribution in [-0.2, 0) is 20.2 Å². The second kappa shape index (κ2) is 9.49. The number of rotatable bonds is 8. The lowest BCUT2D eigenvalue weighted by Gasteiger charge is -2.30. The Morgan fingerprint density at radius 2 is 1.58 bits per heavy atom. The number of halogens is 1. The molecule has 168 valence electrons. The van der Waals surface area contributed by atoms with Crippen molar-refractivity contribution in [3.8, 4) is 0 Å². The van der Waals surface area contributed by atoms with Gasteiger partial charge in [-0.3, -0.25) is 4.79 Å². The van der Waals surface area contributed by atoms with Crippen molar-refractivity contribution in [3.63, 3.8) is 0 Å². The van der Waals surface area contributed by atoms with E-state index in [2.05, 4.69) is 5.32 Å². The van der Waals surface area contributed by atoms with Crippen LogP contribution in [0.2, 0.25) is 0 Å². The van der Waals surface area contributed by atoms with E-state index >= 15 is 0 Å². The lowest BCUT2D eigenvalue weighted by Crippen LogP contribution is -2.43. The SMILES string of the molecule is CCN(CC)S(=O)(=O)c1ccc(C(C)NC(=O)C2(c3ccc(F)cc3)CCCC2)cc1. The number of benzene rings is 2. The van der Waals surface area contributed by atoms with Gasteiger partial charge in [-0.2, -0.15) is 4.31 Å². The fraction of sp³-hybridized carbons (Fsp3) is 0.458. The number of nitrogens with zero attached hydrogens (tertiary/aromatic N) is 1. The molecule has 2 aromatic rings. The van der Waals surface area contributed by atoms with Crippen LogP contribution in [0.25, 0.3) is 0 Å². The van der Waals surface area contributed by atoms with Gasteiger partial charge in [0.2, 0.25) is 15.9 Å². The molecule has 0 radical (unpaired) electrons. The maximum atomic E-state index is 13.4. The number of nitrogens with one attached hydrogen (secondary N) is 1. The fourth-order valence-corrected chi connectivity index (χ4v) is 5.91. The summed E-state index contributed by atoms with van der Waals surface area (Å²) in [5, 5.41) is 3.10. The van der Waals surface area contributed by atoms with E-state index in [4.69, 9.17) is 0 Å². The van der Waals surface area contributed by atoms with E-state index in [-0.39, 0.29) is 22.7 Å². The normalized spacial score (nSPS) is 16.9. The van der Waals surface area contributed by atoms with Gasteiger partial charge in [-0.1, -0.05) is 51.0 Å². The summed E-state index contributed by atoms with van der Waals surface area (Å²) in [4.78, 5) is 13.6. The number of hydrogen-bond donors (Lipinski definition) is 1. The molecule has 0 heterocycles. The highest BCUT2D eigenvalue weighted by molar-refractivity contribution is 7.89. The first-order chi connectivity index (χ1) is 14.7. The van der Waals surface area contributed by atoms with Crippen molar-refractivity contribution in [3.05, 3.63) is 65.5 Å². The highest BCUT2D eigenvalue weighted by atomic mass is 32.2. The molecule has 1 saturated carbocycles. The zero-order chi connectivity index (χ0) is 22.6. The van der Waals surface area contributed by atoms with Crippen LogP contribution in [0, 0.1) is 5.82 Å². The van der Waals surface area contributed by atoms with Crippen molar-refractivity contribution < 1.29 is 17.6 Å². The van der Waals surface area contributed by atoms with E-state index in [1.807, 2.05) is 20.8 Å². The second-order valence-electron chi connectivity index (χ2n) is 8.15. The predicted molar refractivity (Wildman–Crippen MR) is 120 cm³/mol. The molecule has 0 aliphatic heterocycles. The van der Waals surface area contributed by atoms with Gasteiger partial charge < -0.3 is 5.32 Å². The number of sulfonamides is 1. The Hall–Kier alpha value is -2.25. The van der Waals surface area contributed by atoms with E-state index in [0.29, 0.717) is 13.1 Å². The minimum atomic E-state index is -3.51. The summed E-state index contributed by atoms with van der Waals surface area (Å²) in [6, 6.07) is 12.6. The minimum absolute atomic E-state index is 0.0658. The standard InChI is InChI=1S/C24H31FN2O3S/c1-4-27(5-2)31(29,30)22-14-8-19(9-15-22)18(3)26-23(28)24(16-6-7-17-24)20-10-12-21(25)13-11-20/h8-15,18H,4-7,16-17H2,1-3H3,(H,26,28). The van der Waals surface area contributed by atoms with Crippen molar-refractivity contribution in [1.82, 2.24) is 9.62 Å². The zero-order valence-corrected chi connectivity index (χ0v) is 19.2. The summed E-state index contributed by atoms with van der Waals surface area (Å²) in [5.41, 5.74) is 1.03. The molecular weight excluding hydrogens is 415 g/mol. The zero-order valence-electron chi connectivity index (χ0n) is 18.4. The van der Waals surface area contributed by atoms with Crippen molar-refractivity contribution in [2.24, 2.45) is 0 Å². The first kappa shape index (κ1) is 23.4. The maximum absolute atomic E-state index is 13.4. The molecule has 1 fully saturated rings. The van der Waals surface area contributed by atoms with Crippen molar-refractivity contribution in [2.45, 2.75) is 62.8 Å². The number of carbonyl (C=O) groups excluding carboxylic acids is 1. The largest absolute Gasteiger partial charge is 0.349 e. The first-order valence-corrected chi connectivity index (χ1v) is 12.4. The first-order valence-electron chi connectivity index (χ1n) is 10.9. The molecule has 1 unspecified atom stereocenters. The molecule has 0 aromatic heterocycles. The van der Waals surface area contributed by atoms with E-state index < -0.39 is 15.4 Å². The van der Waals surface area contributed by atoms with Crippen LogP contribution >= 0.6 is 0 Å². The molecule has 1 aliphatic rings. The third-order valence-corrected chi connectivity index (χ3v) is 8.42. The monoisotopic (exact) mass is 446 g/mol. The number of carbonyl (C=O) groups is 1. The lowest BCUT2D eigenvalue weighted by atomic mass is 9.77. The molecule has 1 aliphatic carbocycles. The van der Waals surface area contributed by atoms with Crippen LogP contribution in [0.5, 0.6) is 0 Å². The van der Waals surface area contributed by atoms with Gasteiger partial charge in [-0.25, -0.2) is 12.8 Å². The average molecular weight is 447 g/mol. The third kappa shape index (κ3) is 4.67. The van der Waals surface area contributed by atoms with Crippen LogP contribution in [0.4, 0.5) is 4.39 Å². The molecule has 1 amide bonds. The van der Waals surface area contributed by atoms with Crippen LogP contribution in [0.3, 0.4) is 0 Å². The summed E-state index contributed by atoms with van der Waals surface area (Å²) in [6.07, 6.45) is 3.38. The predicted octanol–water partition coefficient (Wildman–Crippen LogP) is 4.55. The molecule has 0 saturated heterocycles. The van der Waals surface area contributed by atoms with E-state index in [1.54, 1.807) is 36.4 Å². The Bertz CT molecular complexity index is 994. The number of amides is 1. The molecule has 2 aromatic carbocycles. The van der Waals surface area contributed by atoms with Gasteiger partial charge in [-0.15, -0.1) is 0 Å². The molecule has 7 heteroatoms. The van der Waals surface area contributed by atoms with E-state index in [0.717, 1.165) is 36.8 Å². The topological polar surface area (TPSA) is 66.5 Å². The minimum Gasteiger partial charge on any atom is -0.349 e. The molecule has 1 atom stereocenters. The van der Waals surface area contributed by atoms with Gasteiger partial charge in [0, 0.05) is 13.1 Å². The summed E-state index contributed by atoms with van der Waals surface area (Å²) in [6.45, 7) is 6.34. The van der Waals surface area contributed by atoms with Gasteiger partial charge >= 0.3 is 0 Å². The van der Waals surface area contributed by atoms with Gasteiger partial charge in [0.15, 0.2) is 0 Å². The van der Waals surface area contributed by atoms with Gasteiger partial charge in [0.05, 0.1) is 16.4 Å². The van der Waals surface area contributed by atoms with Gasteiger partial charge in [-0.05, 0) is 55.2 Å². The summed E-state index contributed by atoms with van der Waals surface area (Å²) < 4.78 is 40.2. The van der Waals surface area contributed by atoms with Crippen molar-refractivity contribution >= 4 is 15.9 Å². The highest BCUT2D eigenvalue weighted by Gasteiger charge is 2.43. The van der Waals surface area contributed by atoms with Crippen LogP contribution < -0.4 is 5.32 Å². The number of hydrogen-bond acceptors (Lipinski definition) is 3. The molecule has 0 spiro atoms. The van der Waals surface area contributed by atoms with Crippen molar-refractivity contribution in [2.75, 3.05) is 13.1 Å². The Kier molecular flexibility index (Phi) is 7.17. The smallest absolute Gasteiger partial charge is 0.243 e. The lowest BCUT2D eigenvalue weighted by molar-refractivity contribution is -0.127. The molecule has 31 heavy (non-hydrogen) atoms. The van der Waals surface area contributed by atoms with E-state index in [1.165, 1.54) is 16.4 Å². The summed E-state index contributed by atoms with van der Waals surface area (Å²) in [5.74, 6) is -0.380. The Labute approximate surface area is 184 Å². The fourth-order valence-electron chi connectivity index (χ4n) is 4.45. The quantitative estimate of drug-likeness (QED) is 0.647. The molecular formula is C24H31FN2O3S. The molecule has 3 rings (SSSR count). The Balaban J connectivity index is 1.78. The van der Waals surface area contributed by atoms with Gasteiger partial charge in [0.25, 0.3) is 0 Å². The van der Waals surface area contributed by atoms with E-state index in [9.17, 15) is 17.6 Å². The second-order valence-corrected chi connectivity index (χ2v) is 10.1. The summed E-state index contributed by atoms with van der Waals surface area (Å²) in [7, 11) is -3.51.